The van der Waals surface area contributed by atoms with Gasteiger partial charge in [0, 0.05) is 12.4 Å². The lowest BCUT2D eigenvalue weighted by atomic mass is 10.2. The van der Waals surface area contributed by atoms with Gasteiger partial charge in [0.25, 0.3) is 0 Å². The minimum atomic E-state index is -0.467. The molecule has 5 heteroatoms. The standard InChI is InChI=1S/C12H11ClFN3/c1-8-3-2-4-15-11(8)7-17-12-10(14)5-9(13)6-16-12/h2-6H,7H2,1H3,(H,16,17). The summed E-state index contributed by atoms with van der Waals surface area (Å²) in [6.07, 6.45) is 3.11. The summed E-state index contributed by atoms with van der Waals surface area (Å²) in [4.78, 5) is 8.08. The van der Waals surface area contributed by atoms with Crippen molar-refractivity contribution in [2.75, 3.05) is 5.32 Å². The van der Waals surface area contributed by atoms with Gasteiger partial charge in [-0.25, -0.2) is 9.37 Å². The third-order valence-corrected chi connectivity index (χ3v) is 2.56. The van der Waals surface area contributed by atoms with Gasteiger partial charge in [-0.3, -0.25) is 4.98 Å². The molecule has 1 N–H and O–H groups in total. The maximum absolute atomic E-state index is 13.4. The fraction of sp³-hybridized carbons (Fsp3) is 0.167. The second-order valence-corrected chi connectivity index (χ2v) is 4.04. The lowest BCUT2D eigenvalue weighted by Crippen LogP contribution is -2.06. The lowest BCUT2D eigenvalue weighted by Gasteiger charge is -2.07. The van der Waals surface area contributed by atoms with Gasteiger partial charge in [0.1, 0.15) is 0 Å². The van der Waals surface area contributed by atoms with Crippen LogP contribution in [0.5, 0.6) is 0 Å². The minimum absolute atomic E-state index is 0.180. The van der Waals surface area contributed by atoms with E-state index in [4.69, 9.17) is 11.6 Å². The quantitative estimate of drug-likeness (QED) is 0.910. The highest BCUT2D eigenvalue weighted by Crippen LogP contribution is 2.16. The number of nitrogens with zero attached hydrogens (tertiary/aromatic N) is 2. The smallest absolute Gasteiger partial charge is 0.166 e. The average molecular weight is 252 g/mol. The summed E-state index contributed by atoms with van der Waals surface area (Å²) in [7, 11) is 0. The molecule has 0 atom stereocenters. The van der Waals surface area contributed by atoms with Crippen molar-refractivity contribution >= 4 is 17.4 Å². The summed E-state index contributed by atoms with van der Waals surface area (Å²) in [6, 6.07) is 5.04. The molecule has 0 saturated heterocycles. The minimum Gasteiger partial charge on any atom is -0.362 e. The number of pyridine rings is 2. The molecule has 2 aromatic rings. The number of nitrogens with one attached hydrogen (secondary N) is 1. The van der Waals surface area contributed by atoms with Gasteiger partial charge >= 0.3 is 0 Å². The molecule has 0 radical (unpaired) electrons. The Morgan fingerprint density at radius 3 is 2.94 bits per heavy atom. The van der Waals surface area contributed by atoms with Gasteiger partial charge in [0.15, 0.2) is 11.6 Å². The zero-order chi connectivity index (χ0) is 12.3. The highest BCUT2D eigenvalue weighted by molar-refractivity contribution is 6.30. The van der Waals surface area contributed by atoms with Crippen molar-refractivity contribution in [3.63, 3.8) is 0 Å². The van der Waals surface area contributed by atoms with Gasteiger partial charge in [0.05, 0.1) is 17.3 Å². The van der Waals surface area contributed by atoms with E-state index >= 15 is 0 Å². The Morgan fingerprint density at radius 2 is 2.24 bits per heavy atom. The molecular formula is C12H11ClFN3. The number of anilines is 1. The molecule has 0 amide bonds. The van der Waals surface area contributed by atoms with Crippen LogP contribution in [0.25, 0.3) is 0 Å². The van der Waals surface area contributed by atoms with E-state index in [1.54, 1.807) is 6.20 Å². The van der Waals surface area contributed by atoms with Gasteiger partial charge < -0.3 is 5.32 Å². The molecule has 3 nitrogen and oxygen atoms in total. The molecule has 2 aromatic heterocycles. The molecule has 0 unspecified atom stereocenters. The number of hydrogen-bond donors (Lipinski definition) is 1. The van der Waals surface area contributed by atoms with Crippen molar-refractivity contribution in [3.8, 4) is 0 Å². The molecule has 0 aliphatic heterocycles. The Bertz CT molecular complexity index is 531. The highest BCUT2D eigenvalue weighted by Gasteiger charge is 2.05. The zero-order valence-electron chi connectivity index (χ0n) is 9.24. The Balaban J connectivity index is 2.10. The first-order chi connectivity index (χ1) is 8.16. The molecule has 0 saturated carbocycles. The van der Waals surface area contributed by atoms with Crippen molar-refractivity contribution < 1.29 is 4.39 Å². The Labute approximate surface area is 104 Å². The van der Waals surface area contributed by atoms with E-state index < -0.39 is 5.82 Å². The maximum Gasteiger partial charge on any atom is 0.166 e. The van der Waals surface area contributed by atoms with E-state index in [1.807, 2.05) is 19.1 Å². The van der Waals surface area contributed by atoms with E-state index in [9.17, 15) is 4.39 Å². The number of aryl methyl sites for hydroxylation is 1. The average Bonchev–Trinajstić information content (AvgIpc) is 2.30. The zero-order valence-corrected chi connectivity index (χ0v) is 10.0. The highest BCUT2D eigenvalue weighted by atomic mass is 35.5. The van der Waals surface area contributed by atoms with E-state index in [2.05, 4.69) is 15.3 Å². The van der Waals surface area contributed by atoms with E-state index in [-0.39, 0.29) is 10.8 Å². The summed E-state index contributed by atoms with van der Waals surface area (Å²) >= 11 is 5.62. The molecule has 2 heterocycles. The first-order valence-corrected chi connectivity index (χ1v) is 5.50. The van der Waals surface area contributed by atoms with Crippen LogP contribution < -0.4 is 5.32 Å². The van der Waals surface area contributed by atoms with Crippen molar-refractivity contribution in [1.82, 2.24) is 9.97 Å². The second kappa shape index (κ2) is 5.10. The molecule has 0 aliphatic rings. The summed E-state index contributed by atoms with van der Waals surface area (Å²) in [5.74, 6) is -0.287. The summed E-state index contributed by atoms with van der Waals surface area (Å²) < 4.78 is 13.4. The van der Waals surface area contributed by atoms with E-state index in [0.29, 0.717) is 6.54 Å². The van der Waals surface area contributed by atoms with Crippen molar-refractivity contribution in [1.29, 1.82) is 0 Å². The Hall–Kier alpha value is -1.68. The van der Waals surface area contributed by atoms with Gasteiger partial charge in [-0.1, -0.05) is 17.7 Å². The number of hydrogen-bond acceptors (Lipinski definition) is 3. The number of halogens is 2. The summed E-state index contributed by atoms with van der Waals surface area (Å²) in [5, 5.41) is 3.17. The van der Waals surface area contributed by atoms with E-state index in [1.165, 1.54) is 12.3 Å². The van der Waals surface area contributed by atoms with Crippen LogP contribution in [0.15, 0.2) is 30.6 Å². The normalized spacial score (nSPS) is 10.3. The van der Waals surface area contributed by atoms with Crippen molar-refractivity contribution in [3.05, 3.63) is 52.7 Å². The molecule has 88 valence electrons. The maximum atomic E-state index is 13.4. The van der Waals surface area contributed by atoms with Crippen LogP contribution in [0.3, 0.4) is 0 Å². The SMILES string of the molecule is Cc1cccnc1CNc1ncc(Cl)cc1F. The monoisotopic (exact) mass is 251 g/mol. The Morgan fingerprint density at radius 1 is 1.41 bits per heavy atom. The van der Waals surface area contributed by atoms with Gasteiger partial charge in [0.2, 0.25) is 0 Å². The number of rotatable bonds is 3. The fourth-order valence-electron chi connectivity index (χ4n) is 1.42. The predicted octanol–water partition coefficient (Wildman–Crippen LogP) is 3.19. The third kappa shape index (κ3) is 2.91. The van der Waals surface area contributed by atoms with Crippen LogP contribution in [0.2, 0.25) is 5.02 Å². The van der Waals surface area contributed by atoms with Crippen LogP contribution in [-0.4, -0.2) is 9.97 Å². The van der Waals surface area contributed by atoms with Crippen LogP contribution in [0, 0.1) is 12.7 Å². The van der Waals surface area contributed by atoms with Crippen LogP contribution in [-0.2, 0) is 6.54 Å². The van der Waals surface area contributed by atoms with Crippen LogP contribution in [0.1, 0.15) is 11.3 Å². The molecule has 2 rings (SSSR count). The Kier molecular flexibility index (Phi) is 3.54. The predicted molar refractivity (Wildman–Crippen MR) is 65.5 cm³/mol. The molecule has 0 aromatic carbocycles. The molecule has 17 heavy (non-hydrogen) atoms. The summed E-state index contributed by atoms with van der Waals surface area (Å²) in [6.45, 7) is 2.38. The second-order valence-electron chi connectivity index (χ2n) is 3.60. The third-order valence-electron chi connectivity index (χ3n) is 2.35. The molecular weight excluding hydrogens is 241 g/mol. The van der Waals surface area contributed by atoms with Crippen molar-refractivity contribution in [2.45, 2.75) is 13.5 Å². The fourth-order valence-corrected chi connectivity index (χ4v) is 1.56. The van der Waals surface area contributed by atoms with Gasteiger partial charge in [-0.05, 0) is 24.6 Å². The molecule has 0 aliphatic carbocycles. The first kappa shape index (κ1) is 11.8. The van der Waals surface area contributed by atoms with Crippen molar-refractivity contribution in [2.24, 2.45) is 0 Å². The van der Waals surface area contributed by atoms with Gasteiger partial charge in [-0.2, -0.15) is 0 Å². The molecule has 0 bridgehead atoms. The summed E-state index contributed by atoms with van der Waals surface area (Å²) in [5.41, 5.74) is 1.91. The molecule has 0 spiro atoms. The topological polar surface area (TPSA) is 37.8 Å². The largest absolute Gasteiger partial charge is 0.362 e. The van der Waals surface area contributed by atoms with E-state index in [0.717, 1.165) is 11.3 Å². The van der Waals surface area contributed by atoms with Crippen LogP contribution in [0.4, 0.5) is 10.2 Å². The molecule has 0 fully saturated rings. The lowest BCUT2D eigenvalue weighted by molar-refractivity contribution is 0.624. The van der Waals surface area contributed by atoms with Gasteiger partial charge in [-0.15, -0.1) is 0 Å². The van der Waals surface area contributed by atoms with Crippen LogP contribution >= 0.6 is 11.6 Å². The number of aromatic nitrogens is 2. The first-order valence-electron chi connectivity index (χ1n) is 5.12.